The Hall–Kier alpha value is -1.97. The van der Waals surface area contributed by atoms with Crippen LogP contribution in [0.5, 0.6) is 0 Å². The summed E-state index contributed by atoms with van der Waals surface area (Å²) in [5.74, 6) is 9.09. The maximum atomic E-state index is 12.5. The molecule has 0 spiro atoms. The highest BCUT2D eigenvalue weighted by molar-refractivity contribution is 6.84. The van der Waals surface area contributed by atoms with Crippen LogP contribution >= 0.6 is 0 Å². The smallest absolute Gasteiger partial charge is 0.298 e. The number of hydrogen-bond donors (Lipinski definition) is 0. The zero-order valence-corrected chi connectivity index (χ0v) is 17.2. The van der Waals surface area contributed by atoms with Gasteiger partial charge in [0.1, 0.15) is 8.07 Å². The van der Waals surface area contributed by atoms with Crippen molar-refractivity contribution in [2.24, 2.45) is 0 Å². The molecule has 3 heteroatoms. The van der Waals surface area contributed by atoms with Crippen LogP contribution in [0, 0.1) is 23.3 Å². The predicted octanol–water partition coefficient (Wildman–Crippen LogP) is 4.87. The molecule has 1 aromatic rings. The van der Waals surface area contributed by atoms with E-state index < -0.39 is 8.07 Å². The molecule has 0 aliphatic carbocycles. The van der Waals surface area contributed by atoms with E-state index in [4.69, 9.17) is 0 Å². The number of rotatable bonds is 7. The van der Waals surface area contributed by atoms with Crippen molar-refractivity contribution < 1.29 is 4.79 Å². The van der Waals surface area contributed by atoms with Crippen molar-refractivity contribution in [3.63, 3.8) is 0 Å². The third-order valence-corrected chi connectivity index (χ3v) is 4.47. The molecule has 1 amide bonds. The number of hydrogen-bond acceptors (Lipinski definition) is 1. The summed E-state index contributed by atoms with van der Waals surface area (Å²) >= 11 is 0. The van der Waals surface area contributed by atoms with Crippen LogP contribution in [0.2, 0.25) is 19.6 Å². The summed E-state index contributed by atoms with van der Waals surface area (Å²) in [5.41, 5.74) is 4.27. The molecule has 1 rings (SSSR count). The minimum atomic E-state index is -1.56. The molecule has 0 saturated carbocycles. The second-order valence-corrected chi connectivity index (χ2v) is 12.1. The summed E-state index contributed by atoms with van der Waals surface area (Å²) in [6, 6.07) is 10.0. The highest BCUT2D eigenvalue weighted by Crippen LogP contribution is 2.05. The summed E-state index contributed by atoms with van der Waals surface area (Å²) in [7, 11) is -1.56. The molecule has 0 atom stereocenters. The second-order valence-electron chi connectivity index (χ2n) is 7.31. The molecule has 0 radical (unpaired) electrons. The summed E-state index contributed by atoms with van der Waals surface area (Å²) in [4.78, 5) is 14.3. The van der Waals surface area contributed by atoms with Gasteiger partial charge in [0.25, 0.3) is 5.91 Å². The van der Waals surface area contributed by atoms with E-state index in [0.29, 0.717) is 13.1 Å². The van der Waals surface area contributed by atoms with E-state index in [1.165, 1.54) is 19.3 Å². The summed E-state index contributed by atoms with van der Waals surface area (Å²) < 4.78 is 0. The van der Waals surface area contributed by atoms with E-state index in [1.54, 1.807) is 4.90 Å². The van der Waals surface area contributed by atoms with Crippen LogP contribution in [0.15, 0.2) is 30.3 Å². The number of unbranched alkanes of at least 4 members (excludes halogenated alkanes) is 4. The van der Waals surface area contributed by atoms with E-state index in [9.17, 15) is 4.79 Å². The predicted molar refractivity (Wildman–Crippen MR) is 110 cm³/mol. The lowest BCUT2D eigenvalue weighted by Crippen LogP contribution is -2.30. The van der Waals surface area contributed by atoms with Crippen LogP contribution in [0.25, 0.3) is 0 Å². The van der Waals surface area contributed by atoms with Gasteiger partial charge in [-0.1, -0.05) is 82.1 Å². The number of amides is 1. The Morgan fingerprint density at radius 3 is 2.40 bits per heavy atom. The van der Waals surface area contributed by atoms with Crippen molar-refractivity contribution in [3.8, 4) is 23.3 Å². The molecule has 0 fully saturated rings. The van der Waals surface area contributed by atoms with Crippen LogP contribution < -0.4 is 0 Å². The molecule has 0 aliphatic rings. The topological polar surface area (TPSA) is 20.3 Å². The van der Waals surface area contributed by atoms with Crippen LogP contribution in [-0.2, 0) is 11.3 Å². The lowest BCUT2D eigenvalue weighted by molar-refractivity contribution is -0.125. The first-order valence-corrected chi connectivity index (χ1v) is 12.7. The van der Waals surface area contributed by atoms with Gasteiger partial charge in [-0.25, -0.2) is 0 Å². The first-order chi connectivity index (χ1) is 11.9. The van der Waals surface area contributed by atoms with E-state index in [2.05, 4.69) is 49.9 Å². The number of carbonyl (C=O) groups is 1. The molecule has 0 heterocycles. The molecule has 0 aliphatic heterocycles. The lowest BCUT2D eigenvalue weighted by Gasteiger charge is -2.17. The second kappa shape index (κ2) is 11.6. The number of benzene rings is 1. The van der Waals surface area contributed by atoms with Gasteiger partial charge in [-0.05, 0) is 17.9 Å². The van der Waals surface area contributed by atoms with Gasteiger partial charge in [-0.3, -0.25) is 4.79 Å². The van der Waals surface area contributed by atoms with Gasteiger partial charge in [0, 0.05) is 13.0 Å². The van der Waals surface area contributed by atoms with Gasteiger partial charge in [0.2, 0.25) is 0 Å². The van der Waals surface area contributed by atoms with Crippen molar-refractivity contribution >= 4 is 14.0 Å². The fourth-order valence-electron chi connectivity index (χ4n) is 2.20. The highest BCUT2D eigenvalue weighted by atomic mass is 28.3. The molecule has 1 aromatic carbocycles. The van der Waals surface area contributed by atoms with Crippen molar-refractivity contribution in [3.05, 3.63) is 35.9 Å². The Kier molecular flexibility index (Phi) is 9.74. The fraction of sp³-hybridized carbons (Fsp3) is 0.500. The van der Waals surface area contributed by atoms with E-state index in [-0.39, 0.29) is 5.91 Å². The Balaban J connectivity index is 2.69. The molecular formula is C22H31NOSi. The van der Waals surface area contributed by atoms with Gasteiger partial charge in [0.05, 0.1) is 6.54 Å². The van der Waals surface area contributed by atoms with Gasteiger partial charge in [0.15, 0.2) is 0 Å². The van der Waals surface area contributed by atoms with Crippen LogP contribution in [0.3, 0.4) is 0 Å². The Bertz CT molecular complexity index is 638. The normalized spacial score (nSPS) is 10.2. The zero-order valence-electron chi connectivity index (χ0n) is 16.2. The molecular weight excluding hydrogens is 322 g/mol. The van der Waals surface area contributed by atoms with Gasteiger partial charge < -0.3 is 4.90 Å². The molecule has 0 N–H and O–H groups in total. The maximum Gasteiger partial charge on any atom is 0.298 e. The largest absolute Gasteiger partial charge is 0.316 e. The monoisotopic (exact) mass is 353 g/mol. The maximum absolute atomic E-state index is 12.5. The van der Waals surface area contributed by atoms with Crippen molar-refractivity contribution in [1.82, 2.24) is 4.90 Å². The standard InChI is InChI=1S/C22H31NOSi/c1-5-6-7-8-9-10-14-18-23(20-21-15-12-11-13-16-21)22(24)17-19-25(2,3)4/h11-13,15-16H,5-9,18,20H2,1-4H3. The van der Waals surface area contributed by atoms with Gasteiger partial charge in [-0.2, -0.15) is 0 Å². The SMILES string of the molecule is CCCCCCC#CCN(Cc1ccccc1)C(=O)C#C[Si](C)(C)C. The molecule has 25 heavy (non-hydrogen) atoms. The Labute approximate surface area is 155 Å². The summed E-state index contributed by atoms with van der Waals surface area (Å²) in [6.45, 7) is 9.65. The van der Waals surface area contributed by atoms with Crippen LogP contribution in [0.1, 0.15) is 44.6 Å². The minimum absolute atomic E-state index is 0.119. The molecule has 134 valence electrons. The quantitative estimate of drug-likeness (QED) is 0.389. The molecule has 0 aromatic heterocycles. The lowest BCUT2D eigenvalue weighted by atomic mass is 10.1. The third-order valence-electron chi connectivity index (χ3n) is 3.60. The van der Waals surface area contributed by atoms with E-state index in [1.807, 2.05) is 30.3 Å². The first-order valence-electron chi connectivity index (χ1n) is 9.24. The van der Waals surface area contributed by atoms with Crippen molar-refractivity contribution in [2.45, 2.75) is 65.2 Å². The highest BCUT2D eigenvalue weighted by Gasteiger charge is 2.13. The first kappa shape index (κ1) is 21.1. The number of nitrogens with zero attached hydrogens (tertiary/aromatic N) is 1. The Morgan fingerprint density at radius 1 is 1.04 bits per heavy atom. The molecule has 0 saturated heterocycles. The van der Waals surface area contributed by atoms with Crippen molar-refractivity contribution in [1.29, 1.82) is 0 Å². The molecule has 0 bridgehead atoms. The van der Waals surface area contributed by atoms with Crippen molar-refractivity contribution in [2.75, 3.05) is 6.54 Å². The third kappa shape index (κ3) is 10.5. The summed E-state index contributed by atoms with van der Waals surface area (Å²) in [6.07, 6.45) is 5.80. The van der Waals surface area contributed by atoms with E-state index >= 15 is 0 Å². The summed E-state index contributed by atoms with van der Waals surface area (Å²) in [5, 5.41) is 0. The van der Waals surface area contributed by atoms with Gasteiger partial charge in [-0.15, -0.1) is 11.5 Å². The molecule has 0 unspecified atom stereocenters. The average Bonchev–Trinajstić information content (AvgIpc) is 2.58. The zero-order chi connectivity index (χ0) is 18.5. The van der Waals surface area contributed by atoms with E-state index in [0.717, 1.165) is 18.4 Å². The Morgan fingerprint density at radius 2 is 1.76 bits per heavy atom. The number of carbonyl (C=O) groups excluding carboxylic acids is 1. The van der Waals surface area contributed by atoms with Crippen LogP contribution in [-0.4, -0.2) is 25.4 Å². The average molecular weight is 354 g/mol. The minimum Gasteiger partial charge on any atom is -0.316 e. The van der Waals surface area contributed by atoms with Crippen LogP contribution in [0.4, 0.5) is 0 Å². The fourth-order valence-corrected chi connectivity index (χ4v) is 2.69. The van der Waals surface area contributed by atoms with Gasteiger partial charge >= 0.3 is 0 Å². The molecule has 2 nitrogen and oxygen atoms in total.